The second-order valence-electron chi connectivity index (χ2n) is 2.86. The third-order valence-corrected chi connectivity index (χ3v) is 1.34. The number of ether oxygens (including phenoxy) is 1. The molecule has 0 fully saturated rings. The van der Waals surface area contributed by atoms with Crippen LogP contribution < -0.4 is 4.74 Å². The van der Waals surface area contributed by atoms with E-state index in [1.54, 1.807) is 24.3 Å². The monoisotopic (exact) mass is 177 g/mol. The lowest BCUT2D eigenvalue weighted by molar-refractivity contribution is 0.232. The minimum absolute atomic E-state index is 0.111. The Kier molecular flexibility index (Phi) is 3.23. The maximum Gasteiger partial charge on any atom is 0.213 e. The molecule has 3 nitrogen and oxygen atoms in total. The molecule has 1 heterocycles. The fourth-order valence-corrected chi connectivity index (χ4v) is 0.856. The zero-order valence-corrected chi connectivity index (χ0v) is 7.65. The molecule has 0 bridgehead atoms. The van der Waals surface area contributed by atoms with Gasteiger partial charge in [-0.05, 0) is 19.9 Å². The van der Waals surface area contributed by atoms with Gasteiger partial charge in [-0.15, -0.1) is 0 Å². The van der Waals surface area contributed by atoms with Crippen molar-refractivity contribution in [3.05, 3.63) is 23.9 Å². The SMILES string of the molecule is CC(C)Oc1ccc(C=C=O)cn1. The van der Waals surface area contributed by atoms with Gasteiger partial charge >= 0.3 is 0 Å². The number of carbonyl (C=O) groups excluding carboxylic acids is 1. The van der Waals surface area contributed by atoms with E-state index in [1.807, 2.05) is 13.8 Å². The number of pyridine rings is 1. The van der Waals surface area contributed by atoms with Gasteiger partial charge in [0.05, 0.1) is 6.10 Å². The van der Waals surface area contributed by atoms with Crippen molar-refractivity contribution in [1.29, 1.82) is 0 Å². The van der Waals surface area contributed by atoms with E-state index in [-0.39, 0.29) is 6.10 Å². The highest BCUT2D eigenvalue weighted by Gasteiger charge is 1.97. The molecule has 0 saturated heterocycles. The van der Waals surface area contributed by atoms with Gasteiger partial charge in [0.25, 0.3) is 0 Å². The molecular weight excluding hydrogens is 166 g/mol. The summed E-state index contributed by atoms with van der Waals surface area (Å²) in [7, 11) is 0. The Balaban J connectivity index is 2.75. The Hall–Kier alpha value is -1.60. The van der Waals surface area contributed by atoms with Crippen molar-refractivity contribution in [1.82, 2.24) is 4.98 Å². The maximum absolute atomic E-state index is 10.00. The Morgan fingerprint density at radius 3 is 2.77 bits per heavy atom. The summed E-state index contributed by atoms with van der Waals surface area (Å²) in [5.74, 6) is 2.26. The zero-order chi connectivity index (χ0) is 9.68. The maximum atomic E-state index is 10.00. The molecule has 0 N–H and O–H groups in total. The average molecular weight is 177 g/mol. The summed E-state index contributed by atoms with van der Waals surface area (Å²) in [6, 6.07) is 3.48. The Morgan fingerprint density at radius 1 is 1.54 bits per heavy atom. The zero-order valence-electron chi connectivity index (χ0n) is 7.65. The van der Waals surface area contributed by atoms with E-state index in [2.05, 4.69) is 4.98 Å². The summed E-state index contributed by atoms with van der Waals surface area (Å²) in [6.07, 6.45) is 3.01. The van der Waals surface area contributed by atoms with E-state index >= 15 is 0 Å². The lowest BCUT2D eigenvalue weighted by Gasteiger charge is -2.07. The van der Waals surface area contributed by atoms with Crippen LogP contribution >= 0.6 is 0 Å². The molecule has 1 aromatic rings. The molecule has 0 aliphatic carbocycles. The van der Waals surface area contributed by atoms with Crippen LogP contribution in [0.5, 0.6) is 5.88 Å². The summed E-state index contributed by atoms with van der Waals surface area (Å²) in [5.41, 5.74) is 0.728. The van der Waals surface area contributed by atoms with Gasteiger partial charge in [-0.25, -0.2) is 9.78 Å². The van der Waals surface area contributed by atoms with Crippen LogP contribution in [-0.2, 0) is 4.79 Å². The highest BCUT2D eigenvalue weighted by atomic mass is 16.5. The van der Waals surface area contributed by atoms with Crippen molar-refractivity contribution in [2.45, 2.75) is 20.0 Å². The van der Waals surface area contributed by atoms with E-state index in [1.165, 1.54) is 6.08 Å². The Morgan fingerprint density at radius 2 is 2.31 bits per heavy atom. The second-order valence-corrected chi connectivity index (χ2v) is 2.86. The molecule has 0 spiro atoms. The number of hydrogen-bond donors (Lipinski definition) is 0. The molecule has 0 amide bonds. The molecule has 13 heavy (non-hydrogen) atoms. The summed E-state index contributed by atoms with van der Waals surface area (Å²) in [5, 5.41) is 0. The van der Waals surface area contributed by atoms with E-state index < -0.39 is 0 Å². The van der Waals surface area contributed by atoms with Crippen molar-refractivity contribution in [3.63, 3.8) is 0 Å². The first kappa shape index (κ1) is 9.49. The standard InChI is InChI=1S/C10H11NO2/c1-8(2)13-10-4-3-9(5-6-12)7-11-10/h3-5,7-8H,1-2H3. The van der Waals surface area contributed by atoms with Crippen molar-refractivity contribution >= 4 is 12.0 Å². The molecule has 1 aromatic heterocycles. The number of rotatable bonds is 3. The van der Waals surface area contributed by atoms with Crippen molar-refractivity contribution in [2.24, 2.45) is 0 Å². The van der Waals surface area contributed by atoms with E-state index in [4.69, 9.17) is 4.74 Å². The third-order valence-electron chi connectivity index (χ3n) is 1.34. The normalized spacial score (nSPS) is 9.46. The van der Waals surface area contributed by atoms with Crippen LogP contribution in [-0.4, -0.2) is 17.0 Å². The predicted molar refractivity (Wildman–Crippen MR) is 50.2 cm³/mol. The molecular formula is C10H11NO2. The van der Waals surface area contributed by atoms with E-state index in [9.17, 15) is 4.79 Å². The molecule has 68 valence electrons. The number of aromatic nitrogens is 1. The minimum Gasteiger partial charge on any atom is -0.475 e. The van der Waals surface area contributed by atoms with Gasteiger partial charge in [0.15, 0.2) is 0 Å². The first-order chi connectivity index (χ1) is 6.22. The predicted octanol–water partition coefficient (Wildman–Crippen LogP) is 1.71. The van der Waals surface area contributed by atoms with Gasteiger partial charge in [0.1, 0.15) is 5.94 Å². The van der Waals surface area contributed by atoms with Gasteiger partial charge in [0, 0.05) is 23.9 Å². The van der Waals surface area contributed by atoms with Crippen LogP contribution in [0.15, 0.2) is 18.3 Å². The summed E-state index contributed by atoms with van der Waals surface area (Å²) in [6.45, 7) is 3.86. The summed E-state index contributed by atoms with van der Waals surface area (Å²) in [4.78, 5) is 14.0. The van der Waals surface area contributed by atoms with Crippen molar-refractivity contribution in [3.8, 4) is 5.88 Å². The summed E-state index contributed by atoms with van der Waals surface area (Å²) < 4.78 is 5.32. The fourth-order valence-electron chi connectivity index (χ4n) is 0.856. The van der Waals surface area contributed by atoms with Crippen molar-refractivity contribution < 1.29 is 9.53 Å². The van der Waals surface area contributed by atoms with Gasteiger partial charge in [0.2, 0.25) is 5.88 Å². The molecule has 1 rings (SSSR count). The summed E-state index contributed by atoms with van der Waals surface area (Å²) >= 11 is 0. The molecule has 0 atom stereocenters. The lowest BCUT2D eigenvalue weighted by Crippen LogP contribution is -2.06. The highest BCUT2D eigenvalue weighted by Crippen LogP contribution is 2.09. The van der Waals surface area contributed by atoms with Gasteiger partial charge in [-0.1, -0.05) is 0 Å². The molecule has 0 aliphatic heterocycles. The minimum atomic E-state index is 0.111. The molecule has 0 saturated carbocycles. The smallest absolute Gasteiger partial charge is 0.213 e. The second kappa shape index (κ2) is 4.43. The van der Waals surface area contributed by atoms with Crippen LogP contribution in [0.25, 0.3) is 6.08 Å². The third kappa shape index (κ3) is 3.09. The van der Waals surface area contributed by atoms with Crippen LogP contribution in [0.4, 0.5) is 0 Å². The van der Waals surface area contributed by atoms with Gasteiger partial charge < -0.3 is 4.74 Å². The van der Waals surface area contributed by atoms with Crippen molar-refractivity contribution in [2.75, 3.05) is 0 Å². The number of hydrogen-bond acceptors (Lipinski definition) is 3. The largest absolute Gasteiger partial charge is 0.475 e. The van der Waals surface area contributed by atoms with Crippen LogP contribution in [0, 0.1) is 0 Å². The Bertz CT molecular complexity index is 310. The molecule has 0 aliphatic rings. The lowest BCUT2D eigenvalue weighted by atomic mass is 10.3. The van der Waals surface area contributed by atoms with Crippen LogP contribution in [0.2, 0.25) is 0 Å². The van der Waals surface area contributed by atoms with E-state index in [0.29, 0.717) is 5.88 Å². The highest BCUT2D eigenvalue weighted by molar-refractivity contribution is 5.74. The van der Waals surface area contributed by atoms with Gasteiger partial charge in [-0.2, -0.15) is 0 Å². The van der Waals surface area contributed by atoms with Crippen LogP contribution in [0.1, 0.15) is 19.4 Å². The van der Waals surface area contributed by atoms with E-state index in [0.717, 1.165) is 5.56 Å². The van der Waals surface area contributed by atoms with Gasteiger partial charge in [-0.3, -0.25) is 0 Å². The molecule has 0 radical (unpaired) electrons. The van der Waals surface area contributed by atoms with Crippen LogP contribution in [0.3, 0.4) is 0 Å². The first-order valence-electron chi connectivity index (χ1n) is 4.06. The number of nitrogens with zero attached hydrogens (tertiary/aromatic N) is 1. The Labute approximate surface area is 77.1 Å². The topological polar surface area (TPSA) is 39.2 Å². The molecule has 0 aromatic carbocycles. The first-order valence-corrected chi connectivity index (χ1v) is 4.06. The average Bonchev–Trinajstić information content (AvgIpc) is 2.08. The quantitative estimate of drug-likeness (QED) is 0.660. The molecule has 3 heteroatoms. The fraction of sp³-hybridized carbons (Fsp3) is 0.300. The molecule has 0 unspecified atom stereocenters.